The van der Waals surface area contributed by atoms with Gasteiger partial charge in [0.25, 0.3) is 0 Å². The van der Waals surface area contributed by atoms with Gasteiger partial charge in [0.2, 0.25) is 0 Å². The Kier molecular flexibility index (Phi) is 5.26. The van der Waals surface area contributed by atoms with Crippen molar-refractivity contribution in [3.63, 3.8) is 0 Å². The first kappa shape index (κ1) is 15.7. The summed E-state index contributed by atoms with van der Waals surface area (Å²) in [6.45, 7) is 0. The van der Waals surface area contributed by atoms with Crippen molar-refractivity contribution in [1.29, 1.82) is 0 Å². The van der Waals surface area contributed by atoms with Crippen molar-refractivity contribution >= 4 is 35.0 Å². The number of carbonyl (C=O) groups is 1. The largest absolute Gasteiger partial charge is 0.382 e. The molecule has 0 radical (unpaired) electrons. The normalized spacial score (nSPS) is 11.0. The van der Waals surface area contributed by atoms with Crippen LogP contribution in [0.2, 0.25) is 0 Å². The molecule has 0 fully saturated rings. The third-order valence-electron chi connectivity index (χ3n) is 2.90. The minimum absolute atomic E-state index is 0.205. The standard InChI is InChI=1S/C15H17N5OS/c1-22-13-7-5-11(6-8-13)18-15(21)19-12-4-2-3-10(9-12)14(16)20-17/h2-9H,17H2,1H3,(H2,16,20)(H2,18,19,21). The van der Waals surface area contributed by atoms with Crippen molar-refractivity contribution in [3.05, 3.63) is 54.1 Å². The Balaban J connectivity index is 2.02. The van der Waals surface area contributed by atoms with Crippen molar-refractivity contribution in [1.82, 2.24) is 0 Å². The Labute approximate surface area is 133 Å². The number of carbonyl (C=O) groups excluding carboxylic acids is 1. The fourth-order valence-electron chi connectivity index (χ4n) is 1.80. The number of amidine groups is 1. The second kappa shape index (κ2) is 7.37. The highest BCUT2D eigenvalue weighted by molar-refractivity contribution is 7.98. The Morgan fingerprint density at radius 2 is 1.77 bits per heavy atom. The number of amides is 2. The van der Waals surface area contributed by atoms with Gasteiger partial charge in [-0.2, -0.15) is 5.10 Å². The number of hydrogen-bond donors (Lipinski definition) is 4. The van der Waals surface area contributed by atoms with E-state index in [0.717, 1.165) is 10.6 Å². The van der Waals surface area contributed by atoms with Crippen LogP contribution in [0.25, 0.3) is 0 Å². The van der Waals surface area contributed by atoms with E-state index in [9.17, 15) is 4.79 Å². The monoisotopic (exact) mass is 315 g/mol. The fourth-order valence-corrected chi connectivity index (χ4v) is 2.21. The summed E-state index contributed by atoms with van der Waals surface area (Å²) in [4.78, 5) is 13.1. The number of nitrogens with one attached hydrogen (secondary N) is 2. The summed E-state index contributed by atoms with van der Waals surface area (Å²) >= 11 is 1.64. The third-order valence-corrected chi connectivity index (χ3v) is 3.65. The van der Waals surface area contributed by atoms with E-state index in [1.165, 1.54) is 0 Å². The van der Waals surface area contributed by atoms with Gasteiger partial charge in [-0.1, -0.05) is 12.1 Å². The summed E-state index contributed by atoms with van der Waals surface area (Å²) < 4.78 is 0. The van der Waals surface area contributed by atoms with Gasteiger partial charge >= 0.3 is 6.03 Å². The molecular formula is C15H17N5OS. The van der Waals surface area contributed by atoms with E-state index in [0.29, 0.717) is 11.3 Å². The predicted molar refractivity (Wildman–Crippen MR) is 92.2 cm³/mol. The molecule has 2 aromatic rings. The van der Waals surface area contributed by atoms with Gasteiger partial charge in [-0.25, -0.2) is 4.79 Å². The van der Waals surface area contributed by atoms with Gasteiger partial charge < -0.3 is 22.2 Å². The first-order valence-electron chi connectivity index (χ1n) is 6.48. The molecule has 2 aromatic carbocycles. The molecule has 0 aliphatic carbocycles. The molecule has 0 heterocycles. The maximum atomic E-state index is 12.0. The Morgan fingerprint density at radius 1 is 1.09 bits per heavy atom. The van der Waals surface area contributed by atoms with E-state index in [4.69, 9.17) is 11.6 Å². The highest BCUT2D eigenvalue weighted by Crippen LogP contribution is 2.18. The number of benzene rings is 2. The second-order valence-electron chi connectivity index (χ2n) is 4.40. The summed E-state index contributed by atoms with van der Waals surface area (Å²) in [5.74, 6) is 5.35. The zero-order chi connectivity index (χ0) is 15.9. The van der Waals surface area contributed by atoms with Gasteiger partial charge in [0.1, 0.15) is 5.84 Å². The van der Waals surface area contributed by atoms with Gasteiger partial charge in [-0.15, -0.1) is 11.8 Å². The number of anilines is 2. The highest BCUT2D eigenvalue weighted by atomic mass is 32.2. The minimum Gasteiger partial charge on any atom is -0.382 e. The first-order valence-corrected chi connectivity index (χ1v) is 7.70. The van der Waals surface area contributed by atoms with Crippen LogP contribution in [0.4, 0.5) is 16.2 Å². The number of hydrogen-bond acceptors (Lipinski definition) is 4. The van der Waals surface area contributed by atoms with Gasteiger partial charge in [0.15, 0.2) is 0 Å². The van der Waals surface area contributed by atoms with Crippen LogP contribution < -0.4 is 22.2 Å². The molecule has 0 unspecified atom stereocenters. The Hall–Kier alpha value is -2.67. The lowest BCUT2D eigenvalue weighted by molar-refractivity contribution is 0.262. The van der Waals surface area contributed by atoms with E-state index in [-0.39, 0.29) is 11.9 Å². The van der Waals surface area contributed by atoms with E-state index >= 15 is 0 Å². The van der Waals surface area contributed by atoms with Crippen LogP contribution in [0.15, 0.2) is 58.5 Å². The van der Waals surface area contributed by atoms with Crippen LogP contribution in [0.1, 0.15) is 5.56 Å². The van der Waals surface area contributed by atoms with Crippen LogP contribution in [0.5, 0.6) is 0 Å². The predicted octanol–water partition coefficient (Wildman–Crippen LogP) is 2.63. The fraction of sp³-hybridized carbons (Fsp3) is 0.0667. The summed E-state index contributed by atoms with van der Waals surface area (Å²) in [6, 6.07) is 14.2. The van der Waals surface area contributed by atoms with Gasteiger partial charge in [-0.05, 0) is 42.7 Å². The molecular weight excluding hydrogens is 298 g/mol. The molecule has 0 saturated carbocycles. The molecule has 0 atom stereocenters. The van der Waals surface area contributed by atoms with Crippen molar-refractivity contribution in [2.24, 2.45) is 16.7 Å². The maximum Gasteiger partial charge on any atom is 0.323 e. The number of nitrogens with two attached hydrogens (primary N) is 2. The molecule has 0 spiro atoms. The van der Waals surface area contributed by atoms with Crippen LogP contribution in [-0.2, 0) is 0 Å². The van der Waals surface area contributed by atoms with Crippen LogP contribution in [0, 0.1) is 0 Å². The molecule has 6 N–H and O–H groups in total. The lowest BCUT2D eigenvalue weighted by Crippen LogP contribution is -2.20. The molecule has 6 nitrogen and oxygen atoms in total. The molecule has 2 amide bonds. The molecule has 7 heteroatoms. The molecule has 0 aliphatic heterocycles. The van der Waals surface area contributed by atoms with E-state index in [2.05, 4.69) is 15.7 Å². The zero-order valence-corrected chi connectivity index (χ0v) is 12.9. The van der Waals surface area contributed by atoms with Gasteiger partial charge in [0.05, 0.1) is 0 Å². The number of thioether (sulfide) groups is 1. The summed E-state index contributed by atoms with van der Waals surface area (Å²) in [6.07, 6.45) is 2.00. The van der Waals surface area contributed by atoms with Gasteiger partial charge in [0, 0.05) is 21.8 Å². The van der Waals surface area contributed by atoms with E-state index in [1.54, 1.807) is 36.0 Å². The van der Waals surface area contributed by atoms with E-state index < -0.39 is 0 Å². The first-order chi connectivity index (χ1) is 10.6. The Bertz CT molecular complexity index is 685. The molecule has 0 bridgehead atoms. The van der Waals surface area contributed by atoms with Crippen molar-refractivity contribution in [2.45, 2.75) is 4.90 Å². The number of urea groups is 1. The lowest BCUT2D eigenvalue weighted by Gasteiger charge is -2.09. The quantitative estimate of drug-likeness (QED) is 0.229. The zero-order valence-electron chi connectivity index (χ0n) is 12.0. The molecule has 114 valence electrons. The summed E-state index contributed by atoms with van der Waals surface area (Å²) in [7, 11) is 0. The number of hydrazone groups is 1. The Morgan fingerprint density at radius 3 is 2.41 bits per heavy atom. The van der Waals surface area contributed by atoms with Crippen LogP contribution in [-0.4, -0.2) is 18.1 Å². The lowest BCUT2D eigenvalue weighted by atomic mass is 10.2. The van der Waals surface area contributed by atoms with Crippen molar-refractivity contribution in [3.8, 4) is 0 Å². The molecule has 0 aliphatic rings. The average molecular weight is 315 g/mol. The highest BCUT2D eigenvalue weighted by Gasteiger charge is 2.05. The SMILES string of the molecule is CSc1ccc(NC(=O)Nc2cccc(C(N)=NN)c2)cc1. The van der Waals surface area contributed by atoms with Gasteiger partial charge in [-0.3, -0.25) is 0 Å². The topological polar surface area (TPSA) is 106 Å². The number of rotatable bonds is 4. The molecule has 0 saturated heterocycles. The van der Waals surface area contributed by atoms with Crippen LogP contribution >= 0.6 is 11.8 Å². The maximum absolute atomic E-state index is 12.0. The van der Waals surface area contributed by atoms with Crippen molar-refractivity contribution in [2.75, 3.05) is 16.9 Å². The third kappa shape index (κ3) is 4.16. The number of nitrogens with zero attached hydrogens (tertiary/aromatic N) is 1. The second-order valence-corrected chi connectivity index (χ2v) is 5.28. The molecule has 22 heavy (non-hydrogen) atoms. The van der Waals surface area contributed by atoms with E-state index in [1.807, 2.05) is 30.5 Å². The smallest absolute Gasteiger partial charge is 0.323 e. The summed E-state index contributed by atoms with van der Waals surface area (Å²) in [5.41, 5.74) is 7.60. The molecule has 2 rings (SSSR count). The van der Waals surface area contributed by atoms with Crippen LogP contribution in [0.3, 0.4) is 0 Å². The molecule has 0 aromatic heterocycles. The average Bonchev–Trinajstić information content (AvgIpc) is 2.55. The minimum atomic E-state index is -0.336. The van der Waals surface area contributed by atoms with Crippen molar-refractivity contribution < 1.29 is 4.79 Å². The summed E-state index contributed by atoms with van der Waals surface area (Å²) in [5, 5.41) is 8.92.